The standard InChI is InChI=1S/C64H41N3S/c1-3-15-42(16-4-1)43-31-34-48(35-32-43)65(49-19-13-20-50(41-49)66-58-25-10-7-21-55(58)56-22-8-11-26-59(56)66)51-36-38-53-47(40-51)30-29-45-39-46(33-37-52(45)53)54-24-14-28-61-63(54)67-60-27-12-9-23-57(60)62(64(67)68-61)44-17-5-2-6-18-44/h1-41H. The molecule has 0 fully saturated rings. The van der Waals surface area contributed by atoms with E-state index in [4.69, 9.17) is 0 Å². The van der Waals surface area contributed by atoms with E-state index in [-0.39, 0.29) is 0 Å². The molecule has 68 heavy (non-hydrogen) atoms. The van der Waals surface area contributed by atoms with Crippen LogP contribution < -0.4 is 4.90 Å². The maximum atomic E-state index is 2.50. The number of nitrogens with zero attached hydrogens (tertiary/aromatic N) is 3. The van der Waals surface area contributed by atoms with Gasteiger partial charge in [0.25, 0.3) is 0 Å². The van der Waals surface area contributed by atoms with E-state index >= 15 is 0 Å². The van der Waals surface area contributed by atoms with Gasteiger partial charge in [0.2, 0.25) is 0 Å². The van der Waals surface area contributed by atoms with Crippen LogP contribution in [-0.4, -0.2) is 8.97 Å². The van der Waals surface area contributed by atoms with Crippen molar-refractivity contribution in [1.29, 1.82) is 0 Å². The Bertz CT molecular complexity index is 4200. The molecule has 0 aliphatic heterocycles. The first-order chi connectivity index (χ1) is 33.7. The Balaban J connectivity index is 0.897. The SMILES string of the molecule is c1ccc(-c2ccc(N(c3cccc(-n4c5ccccc5c5ccccc54)c3)c3ccc4c(ccc5cc(-c6cccc7sc8c(-c9ccccc9)c9ccccc9n8c67)ccc54)c3)cc2)cc1. The number of anilines is 3. The zero-order valence-corrected chi connectivity index (χ0v) is 37.7. The van der Waals surface area contributed by atoms with Crippen molar-refractivity contribution in [3.05, 3.63) is 249 Å². The number of thiazole rings is 1. The Hall–Kier alpha value is -8.70. The smallest absolute Gasteiger partial charge is 0.109 e. The molecule has 0 N–H and O–H groups in total. The Morgan fingerprint density at radius 3 is 1.63 bits per heavy atom. The van der Waals surface area contributed by atoms with Crippen molar-refractivity contribution >= 4 is 97.7 Å². The summed E-state index contributed by atoms with van der Waals surface area (Å²) in [6, 6.07) is 91.1. The average Bonchev–Trinajstić information content (AvgIpc) is 4.06. The van der Waals surface area contributed by atoms with Crippen LogP contribution in [0.3, 0.4) is 0 Å². The molecule has 0 bridgehead atoms. The molecule has 4 heteroatoms. The van der Waals surface area contributed by atoms with E-state index in [0.717, 1.165) is 22.7 Å². The molecule has 0 radical (unpaired) electrons. The fourth-order valence-electron chi connectivity index (χ4n) is 10.8. The second kappa shape index (κ2) is 15.5. The van der Waals surface area contributed by atoms with Crippen molar-refractivity contribution in [3.8, 4) is 39.1 Å². The topological polar surface area (TPSA) is 12.6 Å². The summed E-state index contributed by atoms with van der Waals surface area (Å²) >= 11 is 1.88. The van der Waals surface area contributed by atoms with Crippen LogP contribution in [0.25, 0.3) is 108 Å². The average molecular weight is 884 g/mol. The number of hydrogen-bond acceptors (Lipinski definition) is 2. The first-order valence-electron chi connectivity index (χ1n) is 23.2. The molecule has 0 spiro atoms. The maximum absolute atomic E-state index is 2.50. The zero-order chi connectivity index (χ0) is 44.7. The van der Waals surface area contributed by atoms with Crippen LogP contribution in [0.4, 0.5) is 17.1 Å². The van der Waals surface area contributed by atoms with Gasteiger partial charge < -0.3 is 9.47 Å². The van der Waals surface area contributed by atoms with Crippen molar-refractivity contribution in [2.24, 2.45) is 0 Å². The second-order valence-corrected chi connectivity index (χ2v) is 18.7. The lowest BCUT2D eigenvalue weighted by atomic mass is 9.96. The molecule has 14 rings (SSSR count). The predicted octanol–water partition coefficient (Wildman–Crippen LogP) is 18.2. The van der Waals surface area contributed by atoms with Gasteiger partial charge in [-0.2, -0.15) is 0 Å². The van der Waals surface area contributed by atoms with Gasteiger partial charge in [0.05, 0.1) is 26.8 Å². The summed E-state index contributed by atoms with van der Waals surface area (Å²) in [5.41, 5.74) is 16.7. The van der Waals surface area contributed by atoms with Crippen LogP contribution in [-0.2, 0) is 0 Å². The van der Waals surface area contributed by atoms with Gasteiger partial charge >= 0.3 is 0 Å². The monoisotopic (exact) mass is 883 g/mol. The molecular weight excluding hydrogens is 843 g/mol. The van der Waals surface area contributed by atoms with Gasteiger partial charge in [-0.1, -0.05) is 176 Å². The molecule has 0 saturated carbocycles. The van der Waals surface area contributed by atoms with Crippen LogP contribution in [0, 0.1) is 0 Å². The highest BCUT2D eigenvalue weighted by Crippen LogP contribution is 2.46. The molecule has 14 aromatic rings. The lowest BCUT2D eigenvalue weighted by molar-refractivity contribution is 1.17. The number of para-hydroxylation sites is 4. The molecule has 0 unspecified atom stereocenters. The second-order valence-electron chi connectivity index (χ2n) is 17.7. The summed E-state index contributed by atoms with van der Waals surface area (Å²) in [4.78, 5) is 3.68. The van der Waals surface area contributed by atoms with E-state index in [2.05, 4.69) is 263 Å². The van der Waals surface area contributed by atoms with E-state index in [9.17, 15) is 0 Å². The molecule has 0 aliphatic rings. The third-order valence-electron chi connectivity index (χ3n) is 13.9. The number of rotatable bonds is 7. The summed E-state index contributed by atoms with van der Waals surface area (Å²) in [7, 11) is 0. The molecule has 0 atom stereocenters. The third kappa shape index (κ3) is 6.05. The molecule has 3 heterocycles. The molecule has 0 saturated heterocycles. The largest absolute Gasteiger partial charge is 0.310 e. The van der Waals surface area contributed by atoms with Crippen molar-refractivity contribution in [1.82, 2.24) is 8.97 Å². The van der Waals surface area contributed by atoms with Gasteiger partial charge in [-0.3, -0.25) is 4.40 Å². The lowest BCUT2D eigenvalue weighted by Gasteiger charge is -2.27. The Labute approximate surface area is 397 Å². The fraction of sp³-hybridized carbons (Fsp3) is 0. The van der Waals surface area contributed by atoms with Crippen LogP contribution >= 0.6 is 11.3 Å². The van der Waals surface area contributed by atoms with Crippen LogP contribution in [0.2, 0.25) is 0 Å². The summed E-state index contributed by atoms with van der Waals surface area (Å²) in [5.74, 6) is 0. The number of aromatic nitrogens is 2. The van der Waals surface area contributed by atoms with Gasteiger partial charge in [0.1, 0.15) is 4.83 Å². The van der Waals surface area contributed by atoms with E-state index in [1.165, 1.54) is 103 Å². The highest BCUT2D eigenvalue weighted by molar-refractivity contribution is 7.24. The molecule has 0 amide bonds. The lowest BCUT2D eigenvalue weighted by Crippen LogP contribution is -2.10. The van der Waals surface area contributed by atoms with Gasteiger partial charge in [0, 0.05) is 50.0 Å². The summed E-state index contributed by atoms with van der Waals surface area (Å²) < 4.78 is 6.18. The Morgan fingerprint density at radius 1 is 0.338 bits per heavy atom. The fourth-order valence-corrected chi connectivity index (χ4v) is 12.1. The van der Waals surface area contributed by atoms with Crippen LogP contribution in [0.1, 0.15) is 0 Å². The first-order valence-corrected chi connectivity index (χ1v) is 24.1. The molecule has 0 aliphatic carbocycles. The quantitative estimate of drug-likeness (QED) is 0.145. The summed E-state index contributed by atoms with van der Waals surface area (Å²) in [6.07, 6.45) is 0. The Kier molecular flexibility index (Phi) is 8.76. The molecule has 318 valence electrons. The number of hydrogen-bond donors (Lipinski definition) is 0. The summed E-state index contributed by atoms with van der Waals surface area (Å²) in [5, 5.41) is 8.68. The minimum absolute atomic E-state index is 1.09. The van der Waals surface area contributed by atoms with E-state index < -0.39 is 0 Å². The first kappa shape index (κ1) is 38.6. The van der Waals surface area contributed by atoms with E-state index in [1.54, 1.807) is 0 Å². The van der Waals surface area contributed by atoms with Crippen molar-refractivity contribution in [2.45, 2.75) is 0 Å². The minimum Gasteiger partial charge on any atom is -0.310 e. The van der Waals surface area contributed by atoms with E-state index in [1.807, 2.05) is 11.3 Å². The summed E-state index contributed by atoms with van der Waals surface area (Å²) in [6.45, 7) is 0. The normalized spacial score (nSPS) is 11.8. The highest BCUT2D eigenvalue weighted by Gasteiger charge is 2.21. The Morgan fingerprint density at radius 2 is 0.897 bits per heavy atom. The van der Waals surface area contributed by atoms with Gasteiger partial charge in [-0.05, 0) is 117 Å². The zero-order valence-electron chi connectivity index (χ0n) is 36.9. The van der Waals surface area contributed by atoms with Gasteiger partial charge in [-0.25, -0.2) is 0 Å². The third-order valence-corrected chi connectivity index (χ3v) is 15.0. The predicted molar refractivity (Wildman–Crippen MR) is 291 cm³/mol. The highest BCUT2D eigenvalue weighted by atomic mass is 32.1. The van der Waals surface area contributed by atoms with Crippen LogP contribution in [0.5, 0.6) is 0 Å². The molecular formula is C64H41N3S. The maximum Gasteiger partial charge on any atom is 0.109 e. The molecule has 11 aromatic carbocycles. The number of benzene rings is 11. The van der Waals surface area contributed by atoms with E-state index in [0.29, 0.717) is 0 Å². The van der Waals surface area contributed by atoms with Crippen molar-refractivity contribution < 1.29 is 0 Å². The van der Waals surface area contributed by atoms with Crippen LogP contribution in [0.15, 0.2) is 249 Å². The van der Waals surface area contributed by atoms with Gasteiger partial charge in [0.15, 0.2) is 0 Å². The minimum atomic E-state index is 1.09. The van der Waals surface area contributed by atoms with Crippen molar-refractivity contribution in [2.75, 3.05) is 4.90 Å². The number of fused-ring (bicyclic) bond motifs is 11. The molecule has 3 aromatic heterocycles. The van der Waals surface area contributed by atoms with Crippen molar-refractivity contribution in [3.63, 3.8) is 0 Å². The molecule has 3 nitrogen and oxygen atoms in total. The van der Waals surface area contributed by atoms with Gasteiger partial charge in [-0.15, -0.1) is 11.3 Å².